The fourth-order valence-corrected chi connectivity index (χ4v) is 7.04. The monoisotopic (exact) mass is 627 g/mol. The van der Waals surface area contributed by atoms with Crippen molar-refractivity contribution in [2.75, 3.05) is 35.2 Å². The Morgan fingerprint density at radius 1 is 0.936 bits per heavy atom. The Hall–Kier alpha value is -5.36. The van der Waals surface area contributed by atoms with Gasteiger partial charge in [-0.1, -0.05) is 29.5 Å². The molecule has 47 heavy (non-hydrogen) atoms. The van der Waals surface area contributed by atoms with E-state index in [0.29, 0.717) is 22.8 Å². The third-order valence-corrected chi connectivity index (χ3v) is 9.59. The zero-order chi connectivity index (χ0) is 32.1. The molecule has 0 spiro atoms. The van der Waals surface area contributed by atoms with E-state index in [1.54, 1.807) is 4.68 Å². The van der Waals surface area contributed by atoms with Crippen molar-refractivity contribution in [2.45, 2.75) is 39.8 Å². The molecule has 0 amide bonds. The Bertz CT molecular complexity index is 2160. The number of para-hydroxylation sites is 1. The summed E-state index contributed by atoms with van der Waals surface area (Å²) in [5.74, 6) is 1.94. The highest BCUT2D eigenvalue weighted by Gasteiger charge is 2.26. The summed E-state index contributed by atoms with van der Waals surface area (Å²) < 4.78 is 1.79. The van der Waals surface area contributed by atoms with Gasteiger partial charge in [0.05, 0.1) is 10.8 Å². The standard InChI is InChI=1S/C35H37N11O/c1-21-5-4-6-22(2)31(21)38-32-29-17-36-35(39-33(29)44(3)42-32)37-26-8-7-24-19-45(20-25(24)15-26)18-23-11-13-46(14-12-23)27-9-10-28-30(16-27)40-43-41-34(28)47/h4-10,15-17,23H,11-14,18-20H2,1-3H3,(H,38,42)(H,36,37,39)(H,40,41,47). The number of aromatic nitrogens is 7. The van der Waals surface area contributed by atoms with Crippen molar-refractivity contribution in [3.8, 4) is 0 Å². The average molecular weight is 628 g/mol. The largest absolute Gasteiger partial charge is 0.371 e. The Balaban J connectivity index is 0.892. The molecule has 3 aromatic heterocycles. The van der Waals surface area contributed by atoms with E-state index in [-0.39, 0.29) is 5.56 Å². The van der Waals surface area contributed by atoms with Crippen molar-refractivity contribution >= 4 is 50.8 Å². The molecule has 5 heterocycles. The van der Waals surface area contributed by atoms with Crippen LogP contribution in [0.25, 0.3) is 21.9 Å². The minimum atomic E-state index is -0.203. The first-order valence-corrected chi connectivity index (χ1v) is 16.1. The molecule has 2 aliphatic heterocycles. The molecule has 0 saturated carbocycles. The number of anilines is 5. The van der Waals surface area contributed by atoms with E-state index in [0.717, 1.165) is 90.6 Å². The number of piperidine rings is 1. The Labute approximate surface area is 271 Å². The van der Waals surface area contributed by atoms with E-state index in [4.69, 9.17) is 10.1 Å². The number of fused-ring (bicyclic) bond motifs is 3. The summed E-state index contributed by atoms with van der Waals surface area (Å²) in [6.45, 7) is 9.17. The predicted octanol–water partition coefficient (Wildman–Crippen LogP) is 5.33. The van der Waals surface area contributed by atoms with Crippen molar-refractivity contribution < 1.29 is 0 Å². The number of benzene rings is 3. The number of aryl methyl sites for hydroxylation is 3. The van der Waals surface area contributed by atoms with Crippen LogP contribution < -0.4 is 21.1 Å². The number of rotatable bonds is 7. The second-order valence-electron chi connectivity index (χ2n) is 12.8. The molecule has 238 valence electrons. The third kappa shape index (κ3) is 5.65. The van der Waals surface area contributed by atoms with Crippen LogP contribution in [0.4, 0.5) is 28.8 Å². The fourth-order valence-electron chi connectivity index (χ4n) is 7.04. The molecule has 3 N–H and O–H groups in total. The summed E-state index contributed by atoms with van der Waals surface area (Å²) in [6.07, 6.45) is 4.10. The maximum Gasteiger partial charge on any atom is 0.275 e. The Morgan fingerprint density at radius 3 is 2.57 bits per heavy atom. The van der Waals surface area contributed by atoms with Crippen molar-refractivity contribution in [3.63, 3.8) is 0 Å². The van der Waals surface area contributed by atoms with Crippen LogP contribution in [0.3, 0.4) is 0 Å². The summed E-state index contributed by atoms with van der Waals surface area (Å²) in [7, 11) is 1.91. The second-order valence-corrected chi connectivity index (χ2v) is 12.8. The topological polar surface area (TPSA) is 133 Å². The van der Waals surface area contributed by atoms with Gasteiger partial charge in [-0.05, 0) is 85.2 Å². The van der Waals surface area contributed by atoms with Crippen molar-refractivity contribution in [2.24, 2.45) is 13.0 Å². The van der Waals surface area contributed by atoms with Crippen LogP contribution in [0.2, 0.25) is 0 Å². The van der Waals surface area contributed by atoms with E-state index in [1.165, 1.54) is 11.1 Å². The molecular formula is C35H37N11O. The van der Waals surface area contributed by atoms with Crippen molar-refractivity contribution in [1.29, 1.82) is 0 Å². The van der Waals surface area contributed by atoms with Gasteiger partial charge in [-0.15, -0.1) is 5.10 Å². The molecule has 8 rings (SSSR count). The second kappa shape index (κ2) is 11.8. The molecule has 1 saturated heterocycles. The van der Waals surface area contributed by atoms with Crippen LogP contribution >= 0.6 is 0 Å². The van der Waals surface area contributed by atoms with Crippen LogP contribution in [0.15, 0.2) is 65.6 Å². The molecule has 3 aromatic carbocycles. The van der Waals surface area contributed by atoms with Gasteiger partial charge in [0.1, 0.15) is 5.52 Å². The number of nitrogens with one attached hydrogen (secondary N) is 3. The number of nitrogens with zero attached hydrogens (tertiary/aromatic N) is 8. The minimum absolute atomic E-state index is 0.203. The third-order valence-electron chi connectivity index (χ3n) is 9.59. The number of aromatic amines is 1. The lowest BCUT2D eigenvalue weighted by Gasteiger charge is -2.35. The molecular weight excluding hydrogens is 590 g/mol. The highest BCUT2D eigenvalue weighted by Crippen LogP contribution is 2.32. The van der Waals surface area contributed by atoms with Crippen molar-refractivity contribution in [3.05, 3.63) is 93.4 Å². The van der Waals surface area contributed by atoms with Crippen molar-refractivity contribution in [1.82, 2.24) is 40.1 Å². The minimum Gasteiger partial charge on any atom is -0.371 e. The zero-order valence-corrected chi connectivity index (χ0v) is 26.8. The van der Waals surface area contributed by atoms with Gasteiger partial charge in [0.15, 0.2) is 11.5 Å². The summed E-state index contributed by atoms with van der Waals surface area (Å²) in [6, 6.07) is 18.7. The van der Waals surface area contributed by atoms with E-state index < -0.39 is 0 Å². The van der Waals surface area contributed by atoms with Gasteiger partial charge in [0.25, 0.3) is 5.56 Å². The molecule has 6 aromatic rings. The van der Waals surface area contributed by atoms with Gasteiger partial charge in [-0.3, -0.25) is 9.69 Å². The van der Waals surface area contributed by atoms with E-state index in [2.05, 4.69) is 91.1 Å². The number of H-pyrrole nitrogens is 1. The zero-order valence-electron chi connectivity index (χ0n) is 26.8. The van der Waals surface area contributed by atoms with Gasteiger partial charge in [0, 0.05) is 63.0 Å². The molecule has 12 heteroatoms. The molecule has 0 atom stereocenters. The first kappa shape index (κ1) is 29.1. The van der Waals surface area contributed by atoms with E-state index >= 15 is 0 Å². The average Bonchev–Trinajstić information content (AvgIpc) is 3.62. The first-order chi connectivity index (χ1) is 22.9. The summed E-state index contributed by atoms with van der Waals surface area (Å²) >= 11 is 0. The summed E-state index contributed by atoms with van der Waals surface area (Å²) in [5.41, 5.74) is 9.40. The highest BCUT2D eigenvalue weighted by atomic mass is 16.1. The van der Waals surface area contributed by atoms with Gasteiger partial charge >= 0.3 is 0 Å². The van der Waals surface area contributed by atoms with Crippen LogP contribution in [-0.4, -0.2) is 59.7 Å². The molecule has 0 bridgehead atoms. The lowest BCUT2D eigenvalue weighted by Crippen LogP contribution is -2.37. The number of hydrogen-bond donors (Lipinski definition) is 3. The van der Waals surface area contributed by atoms with Gasteiger partial charge in [0.2, 0.25) is 5.95 Å². The molecule has 1 fully saturated rings. The van der Waals surface area contributed by atoms with Crippen LogP contribution in [0.1, 0.15) is 35.1 Å². The number of hydrogen-bond acceptors (Lipinski definition) is 10. The van der Waals surface area contributed by atoms with Crippen LogP contribution in [-0.2, 0) is 20.1 Å². The lowest BCUT2D eigenvalue weighted by molar-refractivity contribution is 0.214. The normalized spacial score (nSPS) is 15.4. The van der Waals surface area contributed by atoms with E-state index in [9.17, 15) is 4.79 Å². The van der Waals surface area contributed by atoms with Gasteiger partial charge < -0.3 is 15.5 Å². The quantitative estimate of drug-likeness (QED) is 0.213. The molecule has 12 nitrogen and oxygen atoms in total. The molecule has 2 aliphatic rings. The molecule has 0 radical (unpaired) electrons. The summed E-state index contributed by atoms with van der Waals surface area (Å²) in [5, 5.41) is 23.3. The SMILES string of the molecule is Cc1cccc(C)c1Nc1nn(C)c2nc(Nc3ccc4c(c3)CN(CC3CCN(c5ccc6c(=O)[nH]nnc6c5)CC3)C4)ncc12. The smallest absolute Gasteiger partial charge is 0.275 e. The van der Waals surface area contributed by atoms with Crippen LogP contribution in [0.5, 0.6) is 0 Å². The maximum absolute atomic E-state index is 12.0. The molecule has 0 aliphatic carbocycles. The summed E-state index contributed by atoms with van der Waals surface area (Å²) in [4.78, 5) is 26.4. The molecule has 0 unspecified atom stereocenters. The lowest BCUT2D eigenvalue weighted by atomic mass is 9.95. The fraction of sp³-hybridized carbons (Fsp3) is 0.314. The Kier molecular flexibility index (Phi) is 7.28. The van der Waals surface area contributed by atoms with E-state index in [1.807, 2.05) is 31.4 Å². The maximum atomic E-state index is 12.0. The van der Waals surface area contributed by atoms with Gasteiger partial charge in [-0.25, -0.2) is 14.8 Å². The van der Waals surface area contributed by atoms with Gasteiger partial charge in [-0.2, -0.15) is 10.1 Å². The highest BCUT2D eigenvalue weighted by molar-refractivity contribution is 5.90. The Morgan fingerprint density at radius 2 is 1.74 bits per heavy atom. The predicted molar refractivity (Wildman–Crippen MR) is 184 cm³/mol. The first-order valence-electron chi connectivity index (χ1n) is 16.1. The van der Waals surface area contributed by atoms with Crippen LogP contribution in [0, 0.1) is 19.8 Å².